The number of rotatable bonds is 11. The van der Waals surface area contributed by atoms with E-state index in [1.165, 1.54) is 18.7 Å². The van der Waals surface area contributed by atoms with Gasteiger partial charge in [0.25, 0.3) is 11.8 Å². The normalized spacial score (nSPS) is 19.8. The topological polar surface area (TPSA) is 255 Å². The minimum atomic E-state index is -4.92. The zero-order valence-corrected chi connectivity index (χ0v) is 26.7. The third kappa shape index (κ3) is 9.22. The standard InChI is InChI=1S/C26H28N6O7S2.H2O4S/c1-14(33)10-31-8-6-16(7-9-31)40-13-19-22(25(36)37)32-18(11-38-19)21(24(32)35)29-23(34)20(17-12-41-26(27)28-17)30-39-15-4-2-3-5-15;1-5(2,3)4/h6-9,12,15,18,21H,2-5,10-11,13H2,1H3,(H3-,27,28,29,34,36,37);(H2,1,2,3,4)/b30-20-;. The van der Waals surface area contributed by atoms with E-state index in [-0.39, 0.29) is 58.8 Å². The molecule has 2 aliphatic heterocycles. The van der Waals surface area contributed by atoms with E-state index in [0.29, 0.717) is 0 Å². The Kier molecular flexibility index (Phi) is 11.3. The van der Waals surface area contributed by atoms with Crippen molar-refractivity contribution in [1.82, 2.24) is 15.2 Å². The molecule has 20 heteroatoms. The number of amides is 2. The molecule has 2 unspecified atom stereocenters. The number of fused-ring (bicyclic) bond motifs is 1. The van der Waals surface area contributed by atoms with Crippen LogP contribution in [0.2, 0.25) is 0 Å². The lowest BCUT2D eigenvalue weighted by molar-refractivity contribution is -0.684. The molecule has 1 aliphatic carbocycles. The summed E-state index contributed by atoms with van der Waals surface area (Å²) < 4.78 is 40.4. The number of hydrogen-bond acceptors (Lipinski definition) is 14. The summed E-state index contributed by atoms with van der Waals surface area (Å²) in [5.41, 5.74) is 5.62. The highest BCUT2D eigenvalue weighted by atomic mass is 32.3. The van der Waals surface area contributed by atoms with Gasteiger partial charge < -0.3 is 30.3 Å². The number of β-lactam (4-membered cyclic amide) rings is 1. The van der Waals surface area contributed by atoms with Gasteiger partial charge in [0.15, 0.2) is 34.7 Å². The van der Waals surface area contributed by atoms with Crippen LogP contribution in [0, 0.1) is 0 Å². The fourth-order valence-corrected chi connectivity index (χ4v) is 6.23. The molecule has 17 nitrogen and oxygen atoms in total. The maximum atomic E-state index is 13.2. The van der Waals surface area contributed by atoms with Crippen LogP contribution in [0.15, 0.2) is 51.4 Å². The highest BCUT2D eigenvalue weighted by molar-refractivity contribution is 7.99. The summed E-state index contributed by atoms with van der Waals surface area (Å²) in [5.74, 6) is -2.19. The Morgan fingerprint density at radius 1 is 1.30 bits per heavy atom. The SMILES string of the molecule is CC(=O)C[n+]1ccc(SCC2=C(C(=O)O)N3C(=O)C(NC(=O)/C(=N\OC4CCCC4)c4csc(N)n4)C3CO2)cc1.O=S(=O)([O-])O. The minimum absolute atomic E-state index is 0.00542. The highest BCUT2D eigenvalue weighted by Gasteiger charge is 2.55. The summed E-state index contributed by atoms with van der Waals surface area (Å²) in [6.07, 6.45) is 7.13. The number of aromatic nitrogens is 2. The molecule has 248 valence electrons. The van der Waals surface area contributed by atoms with E-state index in [0.717, 1.165) is 46.8 Å². The second-order valence-corrected chi connectivity index (χ2v) is 13.1. The van der Waals surface area contributed by atoms with Gasteiger partial charge >= 0.3 is 5.97 Å². The number of nitrogens with zero attached hydrogens (tertiary/aromatic N) is 4. The minimum Gasteiger partial charge on any atom is -0.726 e. The second kappa shape index (κ2) is 15.0. The van der Waals surface area contributed by atoms with E-state index in [2.05, 4.69) is 15.5 Å². The van der Waals surface area contributed by atoms with Gasteiger partial charge in [-0.15, -0.1) is 23.1 Å². The Labute approximate surface area is 271 Å². The predicted molar refractivity (Wildman–Crippen MR) is 160 cm³/mol. The van der Waals surface area contributed by atoms with Crippen molar-refractivity contribution in [3.8, 4) is 0 Å². The number of hydrogen-bond donors (Lipinski definition) is 4. The van der Waals surface area contributed by atoms with Crippen molar-refractivity contribution >= 4 is 67.9 Å². The summed E-state index contributed by atoms with van der Waals surface area (Å²) in [7, 11) is -4.92. The number of nitrogens with two attached hydrogens (primary N) is 1. The number of thioether (sulfide) groups is 1. The molecule has 5 N–H and O–H groups in total. The van der Waals surface area contributed by atoms with E-state index in [1.54, 1.807) is 22.3 Å². The van der Waals surface area contributed by atoms with Crippen molar-refractivity contribution in [2.24, 2.45) is 5.16 Å². The molecule has 2 amide bonds. The molecule has 0 radical (unpaired) electrons. The van der Waals surface area contributed by atoms with E-state index in [4.69, 9.17) is 32.8 Å². The summed E-state index contributed by atoms with van der Waals surface area (Å²) >= 11 is 2.48. The Hall–Kier alpha value is -4.11. The van der Waals surface area contributed by atoms with Crippen LogP contribution in [-0.4, -0.2) is 92.3 Å². The van der Waals surface area contributed by atoms with Crippen LogP contribution in [0.1, 0.15) is 38.3 Å². The Morgan fingerprint density at radius 2 is 1.96 bits per heavy atom. The Morgan fingerprint density at radius 3 is 2.52 bits per heavy atom. The van der Waals surface area contributed by atoms with Crippen LogP contribution in [0.4, 0.5) is 5.13 Å². The Bertz CT molecular complexity index is 1650. The van der Waals surface area contributed by atoms with Gasteiger partial charge in [-0.1, -0.05) is 5.16 Å². The number of carboxylic acids is 1. The number of pyridine rings is 1. The smallest absolute Gasteiger partial charge is 0.356 e. The summed E-state index contributed by atoms with van der Waals surface area (Å²) in [4.78, 5) is 61.6. The van der Waals surface area contributed by atoms with E-state index >= 15 is 0 Å². The van der Waals surface area contributed by atoms with Gasteiger partial charge in [0, 0.05) is 29.3 Å². The van der Waals surface area contributed by atoms with E-state index < -0.39 is 40.3 Å². The molecular weight excluding hydrogens is 669 g/mol. The van der Waals surface area contributed by atoms with Crippen molar-refractivity contribution < 1.29 is 55.9 Å². The van der Waals surface area contributed by atoms with Crippen LogP contribution in [0.5, 0.6) is 0 Å². The van der Waals surface area contributed by atoms with Crippen molar-refractivity contribution in [2.45, 2.75) is 62.2 Å². The first-order valence-electron chi connectivity index (χ1n) is 13.7. The van der Waals surface area contributed by atoms with Crippen molar-refractivity contribution in [2.75, 3.05) is 18.1 Å². The Balaban J connectivity index is 0.000000892. The van der Waals surface area contributed by atoms with Gasteiger partial charge in [-0.25, -0.2) is 18.2 Å². The third-order valence-corrected chi connectivity index (χ3v) is 8.54. The number of ether oxygens (including phenoxy) is 1. The van der Waals surface area contributed by atoms with Crippen LogP contribution < -0.4 is 15.6 Å². The first-order chi connectivity index (χ1) is 21.7. The van der Waals surface area contributed by atoms with Gasteiger partial charge in [-0.2, -0.15) is 4.57 Å². The summed E-state index contributed by atoms with van der Waals surface area (Å²) in [5, 5.41) is 18.5. The lowest BCUT2D eigenvalue weighted by atomic mass is 9.92. The van der Waals surface area contributed by atoms with Gasteiger partial charge in [0.1, 0.15) is 36.2 Å². The van der Waals surface area contributed by atoms with Crippen molar-refractivity contribution in [1.29, 1.82) is 0 Å². The van der Waals surface area contributed by atoms with Crippen LogP contribution >= 0.6 is 23.1 Å². The molecule has 5 rings (SSSR count). The zero-order chi connectivity index (χ0) is 33.6. The molecule has 1 saturated carbocycles. The first-order valence-corrected chi connectivity index (χ1v) is 16.9. The number of carbonyl (C=O) groups excluding carboxylic acids is 3. The summed E-state index contributed by atoms with van der Waals surface area (Å²) in [6, 6.07) is 1.91. The van der Waals surface area contributed by atoms with E-state index in [1.807, 2.05) is 12.1 Å². The largest absolute Gasteiger partial charge is 0.726 e. The molecule has 3 aliphatic rings. The number of carboxylic acid groups (broad SMARTS) is 1. The second-order valence-electron chi connectivity index (χ2n) is 10.3. The molecule has 0 spiro atoms. The molecule has 46 heavy (non-hydrogen) atoms. The van der Waals surface area contributed by atoms with Crippen LogP contribution in [-0.2, 0) is 45.7 Å². The highest BCUT2D eigenvalue weighted by Crippen LogP contribution is 2.35. The van der Waals surface area contributed by atoms with Crippen molar-refractivity contribution in [3.05, 3.63) is 47.1 Å². The molecule has 0 aromatic carbocycles. The maximum Gasteiger partial charge on any atom is 0.356 e. The molecule has 2 atom stereocenters. The number of carbonyl (C=O) groups is 4. The monoisotopic (exact) mass is 698 g/mol. The number of thiazole rings is 1. The van der Waals surface area contributed by atoms with Gasteiger partial charge in [-0.05, 0) is 25.7 Å². The average molecular weight is 699 g/mol. The van der Waals surface area contributed by atoms with Crippen molar-refractivity contribution in [3.63, 3.8) is 0 Å². The molecule has 0 bridgehead atoms. The van der Waals surface area contributed by atoms with Gasteiger partial charge in [-0.3, -0.25) is 23.8 Å². The average Bonchev–Trinajstić information content (AvgIpc) is 3.66. The predicted octanol–water partition coefficient (Wildman–Crippen LogP) is 0.0840. The number of ketones is 1. The molecule has 2 aromatic rings. The molecule has 2 fully saturated rings. The third-order valence-electron chi connectivity index (χ3n) is 6.85. The quantitative estimate of drug-likeness (QED) is 0.0461. The number of nitrogens with one attached hydrogen (secondary N) is 1. The fourth-order valence-electron chi connectivity index (χ4n) is 4.85. The molecular formula is C26H30N6O11S3. The van der Waals surface area contributed by atoms with Crippen LogP contribution in [0.3, 0.4) is 0 Å². The van der Waals surface area contributed by atoms with Crippen LogP contribution in [0.25, 0.3) is 0 Å². The number of aliphatic carboxylic acids is 1. The maximum absolute atomic E-state index is 13.2. The first kappa shape index (κ1) is 34.8. The zero-order valence-electron chi connectivity index (χ0n) is 24.2. The lowest BCUT2D eigenvalue weighted by Gasteiger charge is -2.49. The molecule has 1 saturated heterocycles. The summed E-state index contributed by atoms with van der Waals surface area (Å²) in [6.45, 7) is 1.77. The number of anilines is 1. The number of nitrogen functional groups attached to an aromatic ring is 1. The van der Waals surface area contributed by atoms with Gasteiger partial charge in [0.2, 0.25) is 16.9 Å². The fraction of sp³-hybridized carbons (Fsp3) is 0.423. The molecule has 2 aromatic heterocycles. The van der Waals surface area contributed by atoms with E-state index in [9.17, 15) is 24.3 Å². The number of oxime groups is 1. The number of Topliss-reactive ketones (excluding diaryl/α,β-unsaturated/α-hetero) is 1. The van der Waals surface area contributed by atoms with Gasteiger partial charge in [0.05, 0.1) is 5.75 Å². The lowest BCUT2D eigenvalue weighted by Crippen LogP contribution is -2.73. The molecule has 4 heterocycles.